The van der Waals surface area contributed by atoms with E-state index in [0.29, 0.717) is 12.1 Å². The smallest absolute Gasteiger partial charge is 0.0218 e. The number of hydrogen-bond acceptors (Lipinski definition) is 2. The molecule has 0 aromatic heterocycles. The molecule has 2 unspecified atom stereocenters. The predicted octanol–water partition coefficient (Wildman–Crippen LogP) is 2.94. The summed E-state index contributed by atoms with van der Waals surface area (Å²) in [6, 6.07) is 12.2. The van der Waals surface area contributed by atoms with Crippen molar-refractivity contribution in [2.24, 2.45) is 5.92 Å². The molecule has 0 spiro atoms. The lowest BCUT2D eigenvalue weighted by Gasteiger charge is -2.40. The van der Waals surface area contributed by atoms with Crippen molar-refractivity contribution in [2.75, 3.05) is 19.6 Å². The summed E-state index contributed by atoms with van der Waals surface area (Å²) in [4.78, 5) is 2.66. The van der Waals surface area contributed by atoms with Crippen LogP contribution < -0.4 is 5.32 Å². The molecule has 1 aliphatic heterocycles. The number of benzene rings is 1. The van der Waals surface area contributed by atoms with Crippen LogP contribution in [0, 0.1) is 5.92 Å². The van der Waals surface area contributed by atoms with Gasteiger partial charge in [-0.1, -0.05) is 44.2 Å². The molecule has 0 amide bonds. The summed E-state index contributed by atoms with van der Waals surface area (Å²) in [7, 11) is 0. The van der Waals surface area contributed by atoms with Crippen LogP contribution in [0.25, 0.3) is 0 Å². The first-order chi connectivity index (χ1) is 9.16. The molecule has 1 fully saturated rings. The highest BCUT2D eigenvalue weighted by Crippen LogP contribution is 2.14. The van der Waals surface area contributed by atoms with Crippen molar-refractivity contribution in [3.63, 3.8) is 0 Å². The van der Waals surface area contributed by atoms with Crippen LogP contribution >= 0.6 is 0 Å². The van der Waals surface area contributed by atoms with Gasteiger partial charge in [0.2, 0.25) is 0 Å². The van der Waals surface area contributed by atoms with Crippen molar-refractivity contribution in [3.8, 4) is 0 Å². The standard InChI is InChI=1S/C17H28N2/c1-14(2)17-13-19(15(3)12-18-17)11-7-10-16-8-5-4-6-9-16/h4-6,8-9,14-15,17-18H,7,10-13H2,1-3H3. The maximum Gasteiger partial charge on any atom is 0.0218 e. The Labute approximate surface area is 118 Å². The Balaban J connectivity index is 1.77. The molecule has 2 nitrogen and oxygen atoms in total. The zero-order valence-corrected chi connectivity index (χ0v) is 12.6. The van der Waals surface area contributed by atoms with Crippen molar-refractivity contribution in [1.82, 2.24) is 10.2 Å². The molecular weight excluding hydrogens is 232 g/mol. The molecular formula is C17H28N2. The van der Waals surface area contributed by atoms with Crippen molar-refractivity contribution in [2.45, 2.75) is 45.7 Å². The van der Waals surface area contributed by atoms with E-state index in [1.54, 1.807) is 0 Å². The number of aryl methyl sites for hydroxylation is 1. The van der Waals surface area contributed by atoms with E-state index in [0.717, 1.165) is 12.5 Å². The highest BCUT2D eigenvalue weighted by atomic mass is 15.2. The van der Waals surface area contributed by atoms with Crippen LogP contribution in [-0.4, -0.2) is 36.6 Å². The SMILES string of the molecule is CC(C)C1CN(CCCc2ccccc2)C(C)CN1. The minimum atomic E-state index is 0.660. The molecule has 0 aliphatic carbocycles. The van der Waals surface area contributed by atoms with Crippen LogP contribution in [0.4, 0.5) is 0 Å². The Bertz CT molecular complexity index is 361. The van der Waals surface area contributed by atoms with Gasteiger partial charge < -0.3 is 5.32 Å². The van der Waals surface area contributed by atoms with Crippen molar-refractivity contribution in [3.05, 3.63) is 35.9 Å². The van der Waals surface area contributed by atoms with E-state index in [1.165, 1.54) is 31.5 Å². The van der Waals surface area contributed by atoms with Gasteiger partial charge in [-0.15, -0.1) is 0 Å². The van der Waals surface area contributed by atoms with Gasteiger partial charge >= 0.3 is 0 Å². The van der Waals surface area contributed by atoms with E-state index in [9.17, 15) is 0 Å². The Kier molecular flexibility index (Phi) is 5.41. The predicted molar refractivity (Wildman–Crippen MR) is 82.4 cm³/mol. The van der Waals surface area contributed by atoms with Gasteiger partial charge in [-0.05, 0) is 37.8 Å². The molecule has 1 aromatic rings. The summed E-state index contributed by atoms with van der Waals surface area (Å²) in [5, 5.41) is 3.66. The molecule has 0 bridgehead atoms. The lowest BCUT2D eigenvalue weighted by molar-refractivity contribution is 0.122. The number of hydrogen-bond donors (Lipinski definition) is 1. The van der Waals surface area contributed by atoms with Crippen molar-refractivity contribution >= 4 is 0 Å². The number of nitrogens with zero attached hydrogens (tertiary/aromatic N) is 1. The molecule has 1 aliphatic rings. The third-order valence-corrected chi connectivity index (χ3v) is 4.29. The van der Waals surface area contributed by atoms with E-state index in [2.05, 4.69) is 61.3 Å². The van der Waals surface area contributed by atoms with Crippen LogP contribution in [0.5, 0.6) is 0 Å². The molecule has 0 radical (unpaired) electrons. The summed E-state index contributed by atoms with van der Waals surface area (Å²) in [6.45, 7) is 10.5. The summed E-state index contributed by atoms with van der Waals surface area (Å²) >= 11 is 0. The Morgan fingerprint density at radius 2 is 2.00 bits per heavy atom. The van der Waals surface area contributed by atoms with Gasteiger partial charge in [-0.3, -0.25) is 4.90 Å². The third-order valence-electron chi connectivity index (χ3n) is 4.29. The van der Waals surface area contributed by atoms with Gasteiger partial charge in [0.15, 0.2) is 0 Å². The third kappa shape index (κ3) is 4.32. The molecule has 1 saturated heterocycles. The first-order valence-electron chi connectivity index (χ1n) is 7.68. The van der Waals surface area contributed by atoms with E-state index in [-0.39, 0.29) is 0 Å². The zero-order chi connectivity index (χ0) is 13.7. The van der Waals surface area contributed by atoms with Gasteiger partial charge in [0.25, 0.3) is 0 Å². The molecule has 0 saturated carbocycles. The summed E-state index contributed by atoms with van der Waals surface area (Å²) in [5.74, 6) is 0.726. The van der Waals surface area contributed by atoms with Crippen LogP contribution in [0.15, 0.2) is 30.3 Å². The second-order valence-corrected chi connectivity index (χ2v) is 6.19. The van der Waals surface area contributed by atoms with E-state index in [1.807, 2.05) is 0 Å². The van der Waals surface area contributed by atoms with Gasteiger partial charge in [-0.2, -0.15) is 0 Å². The molecule has 1 heterocycles. The molecule has 2 heteroatoms. The molecule has 1 N–H and O–H groups in total. The highest BCUT2D eigenvalue weighted by molar-refractivity contribution is 5.14. The largest absolute Gasteiger partial charge is 0.311 e. The van der Waals surface area contributed by atoms with Crippen LogP contribution in [-0.2, 0) is 6.42 Å². The minimum Gasteiger partial charge on any atom is -0.311 e. The fraction of sp³-hybridized carbons (Fsp3) is 0.647. The van der Waals surface area contributed by atoms with Crippen LogP contribution in [0.1, 0.15) is 32.8 Å². The monoisotopic (exact) mass is 260 g/mol. The lowest BCUT2D eigenvalue weighted by Crippen LogP contribution is -2.57. The molecule has 1 aromatic carbocycles. The Hall–Kier alpha value is -0.860. The summed E-state index contributed by atoms with van der Waals surface area (Å²) < 4.78 is 0. The fourth-order valence-corrected chi connectivity index (χ4v) is 2.84. The zero-order valence-electron chi connectivity index (χ0n) is 12.6. The summed E-state index contributed by atoms with van der Waals surface area (Å²) in [5.41, 5.74) is 1.46. The molecule has 19 heavy (non-hydrogen) atoms. The van der Waals surface area contributed by atoms with Gasteiger partial charge in [0.05, 0.1) is 0 Å². The first-order valence-corrected chi connectivity index (χ1v) is 7.68. The maximum absolute atomic E-state index is 3.66. The Morgan fingerprint density at radius 3 is 2.68 bits per heavy atom. The van der Waals surface area contributed by atoms with E-state index in [4.69, 9.17) is 0 Å². The number of nitrogens with one attached hydrogen (secondary N) is 1. The minimum absolute atomic E-state index is 0.660. The van der Waals surface area contributed by atoms with E-state index < -0.39 is 0 Å². The van der Waals surface area contributed by atoms with Gasteiger partial charge in [-0.25, -0.2) is 0 Å². The van der Waals surface area contributed by atoms with Gasteiger partial charge in [0, 0.05) is 25.2 Å². The average Bonchev–Trinajstić information content (AvgIpc) is 2.42. The number of piperazine rings is 1. The number of rotatable bonds is 5. The Morgan fingerprint density at radius 1 is 1.26 bits per heavy atom. The normalized spacial score (nSPS) is 24.8. The lowest BCUT2D eigenvalue weighted by atomic mass is 9.99. The fourth-order valence-electron chi connectivity index (χ4n) is 2.84. The second kappa shape index (κ2) is 7.06. The van der Waals surface area contributed by atoms with E-state index >= 15 is 0 Å². The molecule has 2 rings (SSSR count). The summed E-state index contributed by atoms with van der Waals surface area (Å²) in [6.07, 6.45) is 2.46. The molecule has 106 valence electrons. The second-order valence-electron chi connectivity index (χ2n) is 6.19. The topological polar surface area (TPSA) is 15.3 Å². The van der Waals surface area contributed by atoms with Crippen molar-refractivity contribution < 1.29 is 0 Å². The highest BCUT2D eigenvalue weighted by Gasteiger charge is 2.25. The quantitative estimate of drug-likeness (QED) is 0.875. The first kappa shape index (κ1) is 14.5. The van der Waals surface area contributed by atoms with Crippen molar-refractivity contribution in [1.29, 1.82) is 0 Å². The maximum atomic E-state index is 3.66. The van der Waals surface area contributed by atoms with Gasteiger partial charge in [0.1, 0.15) is 0 Å². The van der Waals surface area contributed by atoms with Crippen LogP contribution in [0.3, 0.4) is 0 Å². The van der Waals surface area contributed by atoms with Crippen LogP contribution in [0.2, 0.25) is 0 Å². The average molecular weight is 260 g/mol. The molecule has 2 atom stereocenters.